The monoisotopic (exact) mass is 428 g/mol. The molecule has 3 rings (SSSR count). The third-order valence-electron chi connectivity index (χ3n) is 4.86. The highest BCUT2D eigenvalue weighted by Crippen LogP contribution is 2.52. The Hall–Kier alpha value is -3.62. The van der Waals surface area contributed by atoms with E-state index < -0.39 is 28.1 Å². The normalized spacial score (nSPS) is 19.9. The third-order valence-corrected chi connectivity index (χ3v) is 4.86. The number of benzene rings is 2. The number of ether oxygens (including phenoxy) is 2. The smallest absolute Gasteiger partial charge is 0.408 e. The van der Waals surface area contributed by atoms with E-state index in [1.807, 2.05) is 0 Å². The van der Waals surface area contributed by atoms with Gasteiger partial charge in [-0.05, 0) is 62.6 Å². The van der Waals surface area contributed by atoms with Crippen LogP contribution in [0, 0.1) is 10.1 Å². The summed E-state index contributed by atoms with van der Waals surface area (Å²) in [5.41, 5.74) is -0.751. The molecule has 31 heavy (non-hydrogen) atoms. The number of nitrogens with zero attached hydrogens (tertiary/aromatic N) is 1. The second-order valence-electron chi connectivity index (χ2n) is 8.45. The van der Waals surface area contributed by atoms with Crippen LogP contribution < -0.4 is 5.32 Å². The number of nitro benzene ring substituents is 1. The molecule has 2 unspecified atom stereocenters. The molecule has 0 aromatic heterocycles. The van der Waals surface area contributed by atoms with Gasteiger partial charge in [0.15, 0.2) is 0 Å². The Balaban J connectivity index is 1.74. The van der Waals surface area contributed by atoms with Crippen molar-refractivity contribution < 1.29 is 29.1 Å². The Labute approximate surface area is 179 Å². The highest BCUT2D eigenvalue weighted by molar-refractivity contribution is 5.91. The number of carbonyl (C=O) groups is 2. The number of nitro groups is 1. The molecule has 2 aromatic carbocycles. The average molecular weight is 428 g/mol. The zero-order valence-corrected chi connectivity index (χ0v) is 17.5. The number of hydrogen-bond donors (Lipinski definition) is 2. The minimum atomic E-state index is -1.29. The highest BCUT2D eigenvalue weighted by atomic mass is 16.6. The van der Waals surface area contributed by atoms with Crippen LogP contribution >= 0.6 is 0 Å². The van der Waals surface area contributed by atoms with Crippen molar-refractivity contribution in [1.82, 2.24) is 5.32 Å². The molecule has 0 radical (unpaired) electrons. The van der Waals surface area contributed by atoms with Gasteiger partial charge in [0, 0.05) is 18.1 Å². The molecule has 1 amide bonds. The quantitative estimate of drug-likeness (QED) is 0.407. The lowest BCUT2D eigenvalue weighted by Crippen LogP contribution is -2.47. The van der Waals surface area contributed by atoms with Gasteiger partial charge in [-0.15, -0.1) is 0 Å². The molecule has 9 heteroatoms. The summed E-state index contributed by atoms with van der Waals surface area (Å²) in [5.74, 6) is -0.879. The lowest BCUT2D eigenvalue weighted by atomic mass is 10.1. The molecule has 0 saturated heterocycles. The third kappa shape index (κ3) is 5.30. The number of esters is 1. The molecule has 2 N–H and O–H groups in total. The summed E-state index contributed by atoms with van der Waals surface area (Å²) >= 11 is 0. The summed E-state index contributed by atoms with van der Waals surface area (Å²) in [6, 6.07) is 12.0. The molecule has 2 aromatic rings. The zero-order chi connectivity index (χ0) is 22.8. The van der Waals surface area contributed by atoms with Crippen LogP contribution in [0.1, 0.15) is 44.2 Å². The van der Waals surface area contributed by atoms with Gasteiger partial charge in [0.05, 0.1) is 4.92 Å². The molecule has 1 fully saturated rings. The molecule has 1 aliphatic carbocycles. The summed E-state index contributed by atoms with van der Waals surface area (Å²) in [5, 5.41) is 22.9. The van der Waals surface area contributed by atoms with E-state index in [1.165, 1.54) is 36.4 Å². The maximum atomic E-state index is 13.0. The largest absolute Gasteiger partial charge is 0.508 e. The number of nitrogens with one attached hydrogen (secondary N) is 1. The Bertz CT molecular complexity index is 980. The molecule has 0 spiro atoms. The fourth-order valence-electron chi connectivity index (χ4n) is 3.26. The summed E-state index contributed by atoms with van der Waals surface area (Å²) in [4.78, 5) is 35.6. The lowest BCUT2D eigenvalue weighted by molar-refractivity contribution is -0.384. The first-order valence-electron chi connectivity index (χ1n) is 9.71. The molecule has 9 nitrogen and oxygen atoms in total. The molecule has 1 aliphatic rings. The average Bonchev–Trinajstić information content (AvgIpc) is 3.40. The Morgan fingerprint density at radius 1 is 1.16 bits per heavy atom. The van der Waals surface area contributed by atoms with Crippen molar-refractivity contribution in [3.8, 4) is 5.75 Å². The lowest BCUT2D eigenvalue weighted by Gasteiger charge is -2.23. The molecule has 1 saturated carbocycles. The molecule has 0 aliphatic heterocycles. The molecular formula is C22H24N2O7. The summed E-state index contributed by atoms with van der Waals surface area (Å²) < 4.78 is 10.7. The summed E-state index contributed by atoms with van der Waals surface area (Å²) in [6.07, 6.45) is -0.420. The van der Waals surface area contributed by atoms with Crippen LogP contribution in [0.5, 0.6) is 5.75 Å². The van der Waals surface area contributed by atoms with Crippen LogP contribution in [0.15, 0.2) is 48.5 Å². The zero-order valence-electron chi connectivity index (χ0n) is 17.5. The van der Waals surface area contributed by atoms with Crippen LogP contribution in [0.25, 0.3) is 0 Å². The van der Waals surface area contributed by atoms with Gasteiger partial charge in [-0.1, -0.05) is 12.1 Å². The van der Waals surface area contributed by atoms with Gasteiger partial charge < -0.3 is 19.9 Å². The molecule has 2 atom stereocenters. The van der Waals surface area contributed by atoms with Crippen LogP contribution in [0.2, 0.25) is 0 Å². The first-order valence-corrected chi connectivity index (χ1v) is 9.71. The van der Waals surface area contributed by atoms with Crippen molar-refractivity contribution in [3.05, 3.63) is 69.8 Å². The number of phenols is 1. The fraction of sp³-hybridized carbons (Fsp3) is 0.364. The van der Waals surface area contributed by atoms with E-state index >= 15 is 0 Å². The highest BCUT2D eigenvalue weighted by Gasteiger charge is 2.63. The van der Waals surface area contributed by atoms with E-state index in [-0.39, 0.29) is 24.0 Å². The maximum absolute atomic E-state index is 13.0. The first kappa shape index (κ1) is 22.1. The topological polar surface area (TPSA) is 128 Å². The van der Waals surface area contributed by atoms with Gasteiger partial charge in [0.2, 0.25) is 0 Å². The Morgan fingerprint density at radius 3 is 2.32 bits per heavy atom. The summed E-state index contributed by atoms with van der Waals surface area (Å²) in [6.45, 7) is 5.06. The second-order valence-corrected chi connectivity index (χ2v) is 8.45. The number of aromatic hydroxyl groups is 1. The first-order chi connectivity index (χ1) is 14.5. The van der Waals surface area contributed by atoms with Crippen molar-refractivity contribution in [3.63, 3.8) is 0 Å². The van der Waals surface area contributed by atoms with Gasteiger partial charge in [0.25, 0.3) is 5.69 Å². The van der Waals surface area contributed by atoms with Crippen LogP contribution in [-0.4, -0.2) is 33.2 Å². The number of phenolic OH excluding ortho intramolecular Hbond substituents is 1. The number of rotatable bonds is 6. The number of hydrogen-bond acceptors (Lipinski definition) is 7. The van der Waals surface area contributed by atoms with Crippen molar-refractivity contribution >= 4 is 17.7 Å². The minimum absolute atomic E-state index is 0.0623. The summed E-state index contributed by atoms with van der Waals surface area (Å²) in [7, 11) is 0. The maximum Gasteiger partial charge on any atom is 0.408 e. The molecule has 0 heterocycles. The van der Waals surface area contributed by atoms with Crippen molar-refractivity contribution in [2.75, 3.05) is 0 Å². The van der Waals surface area contributed by atoms with Crippen molar-refractivity contribution in [1.29, 1.82) is 0 Å². The van der Waals surface area contributed by atoms with E-state index in [1.54, 1.807) is 32.9 Å². The van der Waals surface area contributed by atoms with Crippen molar-refractivity contribution in [2.24, 2.45) is 0 Å². The van der Waals surface area contributed by atoms with E-state index in [2.05, 4.69) is 5.32 Å². The second kappa shape index (κ2) is 8.25. The molecule has 0 bridgehead atoms. The van der Waals surface area contributed by atoms with Crippen molar-refractivity contribution in [2.45, 2.75) is 50.9 Å². The van der Waals surface area contributed by atoms with Crippen LogP contribution in [-0.2, 0) is 20.9 Å². The predicted octanol–water partition coefficient (Wildman–Crippen LogP) is 3.79. The van der Waals surface area contributed by atoms with Crippen LogP contribution in [0.4, 0.5) is 10.5 Å². The van der Waals surface area contributed by atoms with Gasteiger partial charge in [-0.2, -0.15) is 0 Å². The standard InChI is InChI=1S/C22H24N2O7/c1-21(2,3)31-20(27)23-22(12-18(22)15-6-10-17(25)11-7-15)19(26)30-13-14-4-8-16(9-5-14)24(28)29/h4-11,18,25H,12-13H2,1-3H3,(H,23,27). The predicted molar refractivity (Wildman–Crippen MR) is 110 cm³/mol. The van der Waals surface area contributed by atoms with Gasteiger partial charge >= 0.3 is 12.1 Å². The van der Waals surface area contributed by atoms with Gasteiger partial charge in [0.1, 0.15) is 23.5 Å². The minimum Gasteiger partial charge on any atom is -0.508 e. The fourth-order valence-corrected chi connectivity index (χ4v) is 3.26. The van der Waals surface area contributed by atoms with Gasteiger partial charge in [-0.3, -0.25) is 10.1 Å². The van der Waals surface area contributed by atoms with E-state index in [0.29, 0.717) is 12.0 Å². The molecule has 164 valence electrons. The number of alkyl carbamates (subject to hydrolysis) is 1. The van der Waals surface area contributed by atoms with E-state index in [4.69, 9.17) is 9.47 Å². The number of carbonyl (C=O) groups excluding carboxylic acids is 2. The van der Waals surface area contributed by atoms with E-state index in [0.717, 1.165) is 5.56 Å². The molecular weight excluding hydrogens is 404 g/mol. The SMILES string of the molecule is CC(C)(C)OC(=O)NC1(C(=O)OCc2ccc([N+](=O)[O-])cc2)CC1c1ccc(O)cc1. The Morgan fingerprint density at radius 2 is 1.77 bits per heavy atom. The number of non-ortho nitro benzene ring substituents is 1. The number of amides is 1. The van der Waals surface area contributed by atoms with Crippen LogP contribution in [0.3, 0.4) is 0 Å². The van der Waals surface area contributed by atoms with E-state index in [9.17, 15) is 24.8 Å². The Kier molecular flexibility index (Phi) is 5.88. The van der Waals surface area contributed by atoms with Gasteiger partial charge in [-0.25, -0.2) is 9.59 Å².